The summed E-state index contributed by atoms with van der Waals surface area (Å²) in [7, 11) is -3.70. The molecular weight excluding hydrogens is 440 g/mol. The number of carbonyl (C=O) groups excluding carboxylic acids is 1. The quantitative estimate of drug-likeness (QED) is 0.445. The Bertz CT molecular complexity index is 901. The highest BCUT2D eigenvalue weighted by atomic mass is 35.5. The van der Waals surface area contributed by atoms with Crippen molar-refractivity contribution in [1.29, 1.82) is 0 Å². The molecule has 11 heteroatoms. The highest BCUT2D eigenvalue weighted by molar-refractivity contribution is 8.01. The average Bonchev–Trinajstić information content (AvgIpc) is 3.05. The number of aromatic nitrogens is 2. The van der Waals surface area contributed by atoms with E-state index < -0.39 is 22.0 Å². The van der Waals surface area contributed by atoms with E-state index in [9.17, 15) is 13.2 Å². The standard InChI is InChI=1S/C17H23ClN4O3S3/c1-5-14(22(28(4,24)25)13-8-6-12(18)7-9-13)15(23)19-16-20-21-17(27-16)26-10-11(2)3/h6-9,11,14H,5,10H2,1-4H3,(H,19,20,23)/t14-/m0/s1. The topological polar surface area (TPSA) is 92.3 Å². The van der Waals surface area contributed by atoms with Gasteiger partial charge in [-0.05, 0) is 36.6 Å². The molecule has 1 aromatic heterocycles. The maximum absolute atomic E-state index is 12.8. The Hall–Kier alpha value is -1.36. The van der Waals surface area contributed by atoms with E-state index >= 15 is 0 Å². The Morgan fingerprint density at radius 1 is 1.29 bits per heavy atom. The van der Waals surface area contributed by atoms with Crippen LogP contribution in [0.3, 0.4) is 0 Å². The van der Waals surface area contributed by atoms with E-state index in [1.165, 1.54) is 11.3 Å². The molecule has 1 heterocycles. The van der Waals surface area contributed by atoms with Crippen molar-refractivity contribution in [3.05, 3.63) is 29.3 Å². The molecule has 0 saturated carbocycles. The molecule has 1 aromatic carbocycles. The lowest BCUT2D eigenvalue weighted by molar-refractivity contribution is -0.117. The minimum atomic E-state index is -3.70. The molecule has 1 amide bonds. The van der Waals surface area contributed by atoms with Gasteiger partial charge in [-0.15, -0.1) is 10.2 Å². The molecule has 7 nitrogen and oxygen atoms in total. The van der Waals surface area contributed by atoms with Crippen molar-refractivity contribution in [3.8, 4) is 0 Å². The number of thioether (sulfide) groups is 1. The Kier molecular flexibility index (Phi) is 8.11. The van der Waals surface area contributed by atoms with Gasteiger partial charge in [0.25, 0.3) is 0 Å². The molecule has 2 rings (SSSR count). The third kappa shape index (κ3) is 6.33. The summed E-state index contributed by atoms with van der Waals surface area (Å²) < 4.78 is 26.7. The molecule has 2 aromatic rings. The summed E-state index contributed by atoms with van der Waals surface area (Å²) in [6.45, 7) is 5.97. The second-order valence-electron chi connectivity index (χ2n) is 6.53. The molecule has 0 aliphatic rings. The van der Waals surface area contributed by atoms with Crippen LogP contribution in [0.15, 0.2) is 28.6 Å². The van der Waals surface area contributed by atoms with Crippen molar-refractivity contribution < 1.29 is 13.2 Å². The second kappa shape index (κ2) is 9.91. The van der Waals surface area contributed by atoms with Crippen LogP contribution in [-0.2, 0) is 14.8 Å². The first kappa shape index (κ1) is 22.9. The Balaban J connectivity index is 2.21. The van der Waals surface area contributed by atoms with Gasteiger partial charge < -0.3 is 0 Å². The lowest BCUT2D eigenvalue weighted by atomic mass is 10.2. The number of carbonyl (C=O) groups is 1. The Morgan fingerprint density at radius 2 is 1.93 bits per heavy atom. The van der Waals surface area contributed by atoms with Crippen LogP contribution in [0, 0.1) is 5.92 Å². The zero-order valence-electron chi connectivity index (χ0n) is 16.0. The SMILES string of the molecule is CC[C@@H](C(=O)Nc1nnc(SCC(C)C)s1)N(c1ccc(Cl)cc1)S(C)(=O)=O. The molecule has 28 heavy (non-hydrogen) atoms. The van der Waals surface area contributed by atoms with Gasteiger partial charge in [0, 0.05) is 10.8 Å². The molecule has 1 atom stereocenters. The summed E-state index contributed by atoms with van der Waals surface area (Å²) in [5.41, 5.74) is 0.374. The van der Waals surface area contributed by atoms with Gasteiger partial charge in [-0.1, -0.05) is 55.5 Å². The molecule has 0 fully saturated rings. The van der Waals surface area contributed by atoms with Crippen LogP contribution in [0.1, 0.15) is 27.2 Å². The van der Waals surface area contributed by atoms with E-state index in [0.29, 0.717) is 21.8 Å². The van der Waals surface area contributed by atoms with E-state index in [1.54, 1.807) is 43.0 Å². The Morgan fingerprint density at radius 3 is 2.46 bits per heavy atom. The van der Waals surface area contributed by atoms with Crippen LogP contribution in [-0.4, -0.2) is 42.6 Å². The number of hydrogen-bond acceptors (Lipinski definition) is 7. The molecule has 0 saturated heterocycles. The molecule has 154 valence electrons. The number of sulfonamides is 1. The number of rotatable bonds is 9. The molecule has 0 unspecified atom stereocenters. The van der Waals surface area contributed by atoms with Crippen molar-refractivity contribution in [2.75, 3.05) is 21.6 Å². The fourth-order valence-electron chi connectivity index (χ4n) is 2.39. The molecular formula is C17H23ClN4O3S3. The minimum absolute atomic E-state index is 0.287. The van der Waals surface area contributed by atoms with E-state index in [1.807, 2.05) is 0 Å². The van der Waals surface area contributed by atoms with E-state index in [-0.39, 0.29) is 6.42 Å². The molecule has 1 N–H and O–H groups in total. The fourth-order valence-corrected chi connectivity index (χ4v) is 5.46. The first-order valence-electron chi connectivity index (χ1n) is 8.64. The van der Waals surface area contributed by atoms with Crippen molar-refractivity contribution in [2.24, 2.45) is 5.92 Å². The summed E-state index contributed by atoms with van der Waals surface area (Å²) in [6.07, 6.45) is 1.36. The molecule has 0 aliphatic heterocycles. The summed E-state index contributed by atoms with van der Waals surface area (Å²) >= 11 is 8.74. The van der Waals surface area contributed by atoms with Gasteiger partial charge in [0.2, 0.25) is 21.1 Å². The van der Waals surface area contributed by atoms with Crippen LogP contribution >= 0.6 is 34.7 Å². The maximum Gasteiger partial charge on any atom is 0.250 e. The van der Waals surface area contributed by atoms with Crippen molar-refractivity contribution in [3.63, 3.8) is 0 Å². The lowest BCUT2D eigenvalue weighted by Gasteiger charge is -2.29. The zero-order valence-corrected chi connectivity index (χ0v) is 19.3. The number of benzene rings is 1. The second-order valence-corrected chi connectivity index (χ2v) is 11.1. The van der Waals surface area contributed by atoms with Gasteiger partial charge >= 0.3 is 0 Å². The number of hydrogen-bond donors (Lipinski definition) is 1. The van der Waals surface area contributed by atoms with Crippen LogP contribution in [0.25, 0.3) is 0 Å². The van der Waals surface area contributed by atoms with E-state index in [4.69, 9.17) is 11.6 Å². The maximum atomic E-state index is 12.8. The first-order chi connectivity index (χ1) is 13.1. The molecule has 0 aliphatic carbocycles. The predicted octanol–water partition coefficient (Wildman–Crippen LogP) is 4.12. The van der Waals surface area contributed by atoms with Crippen molar-refractivity contribution in [2.45, 2.75) is 37.6 Å². The van der Waals surface area contributed by atoms with Crippen molar-refractivity contribution >= 4 is 61.4 Å². The summed E-state index contributed by atoms with van der Waals surface area (Å²) in [6, 6.07) is 5.40. The summed E-state index contributed by atoms with van der Waals surface area (Å²) in [5.74, 6) is 0.956. The number of halogens is 1. The van der Waals surface area contributed by atoms with E-state index in [0.717, 1.165) is 20.7 Å². The molecule has 0 radical (unpaired) electrons. The first-order valence-corrected chi connectivity index (χ1v) is 12.7. The van der Waals surface area contributed by atoms with E-state index in [2.05, 4.69) is 29.4 Å². The van der Waals surface area contributed by atoms with Crippen LogP contribution in [0.2, 0.25) is 5.02 Å². The highest BCUT2D eigenvalue weighted by Crippen LogP contribution is 2.28. The van der Waals surface area contributed by atoms with Gasteiger partial charge in [-0.25, -0.2) is 8.42 Å². The minimum Gasteiger partial charge on any atom is -0.299 e. The average molecular weight is 463 g/mol. The third-order valence-electron chi connectivity index (χ3n) is 3.59. The van der Waals surface area contributed by atoms with Crippen LogP contribution < -0.4 is 9.62 Å². The monoisotopic (exact) mass is 462 g/mol. The lowest BCUT2D eigenvalue weighted by Crippen LogP contribution is -2.46. The molecule has 0 spiro atoms. The van der Waals surface area contributed by atoms with Gasteiger partial charge in [-0.3, -0.25) is 14.4 Å². The fraction of sp³-hybridized carbons (Fsp3) is 0.471. The highest BCUT2D eigenvalue weighted by Gasteiger charge is 2.32. The zero-order chi connectivity index (χ0) is 20.9. The van der Waals surface area contributed by atoms with Crippen LogP contribution in [0.4, 0.5) is 10.8 Å². The van der Waals surface area contributed by atoms with Crippen LogP contribution in [0.5, 0.6) is 0 Å². The third-order valence-corrected chi connectivity index (χ3v) is 7.42. The summed E-state index contributed by atoms with van der Waals surface area (Å²) in [5, 5.41) is 11.6. The predicted molar refractivity (Wildman–Crippen MR) is 117 cm³/mol. The number of amides is 1. The normalized spacial score (nSPS) is 12.8. The van der Waals surface area contributed by atoms with Gasteiger partial charge in [0.1, 0.15) is 6.04 Å². The van der Waals surface area contributed by atoms with Crippen molar-refractivity contribution in [1.82, 2.24) is 10.2 Å². The largest absolute Gasteiger partial charge is 0.299 e. The van der Waals surface area contributed by atoms with Gasteiger partial charge in [-0.2, -0.15) is 0 Å². The summed E-state index contributed by atoms with van der Waals surface area (Å²) in [4.78, 5) is 12.8. The number of nitrogens with zero attached hydrogens (tertiary/aromatic N) is 3. The Labute approximate surface area is 178 Å². The smallest absolute Gasteiger partial charge is 0.250 e. The number of anilines is 2. The van der Waals surface area contributed by atoms with Gasteiger partial charge in [0.15, 0.2) is 4.34 Å². The number of nitrogens with one attached hydrogen (secondary N) is 1. The molecule has 0 bridgehead atoms. The van der Waals surface area contributed by atoms with Gasteiger partial charge in [0.05, 0.1) is 11.9 Å².